The first-order chi connectivity index (χ1) is 8.69. The lowest BCUT2D eigenvalue weighted by Gasteiger charge is -2.09. The van der Waals surface area contributed by atoms with Crippen molar-refractivity contribution in [3.63, 3.8) is 0 Å². The topological polar surface area (TPSA) is 34.2 Å². The van der Waals surface area contributed by atoms with Gasteiger partial charge < -0.3 is 10.1 Å². The minimum atomic E-state index is -0.318. The van der Waals surface area contributed by atoms with Gasteiger partial charge in [-0.15, -0.1) is 0 Å². The number of halogens is 1. The highest BCUT2D eigenvalue weighted by atomic mass is 19.1. The molecule has 3 nitrogen and oxygen atoms in total. The zero-order valence-corrected chi connectivity index (χ0v) is 10.4. The lowest BCUT2D eigenvalue weighted by atomic mass is 10.2. The zero-order valence-electron chi connectivity index (χ0n) is 10.4. The molecule has 0 spiro atoms. The number of nitrogens with zero attached hydrogens (tertiary/aromatic N) is 1. The molecule has 0 aliphatic carbocycles. The summed E-state index contributed by atoms with van der Waals surface area (Å²) in [5, 5.41) is 3.05. The van der Waals surface area contributed by atoms with Gasteiger partial charge in [0, 0.05) is 24.9 Å². The van der Waals surface area contributed by atoms with Crippen LogP contribution in [0.1, 0.15) is 11.1 Å². The van der Waals surface area contributed by atoms with Gasteiger partial charge in [0.1, 0.15) is 11.6 Å². The van der Waals surface area contributed by atoms with E-state index in [0.717, 1.165) is 17.7 Å². The maximum Gasteiger partial charge on any atom is 0.219 e. The van der Waals surface area contributed by atoms with Gasteiger partial charge in [-0.25, -0.2) is 9.37 Å². The van der Waals surface area contributed by atoms with E-state index in [4.69, 9.17) is 4.74 Å². The van der Waals surface area contributed by atoms with E-state index in [1.165, 1.54) is 12.1 Å². The van der Waals surface area contributed by atoms with Crippen LogP contribution in [0.15, 0.2) is 36.5 Å². The summed E-state index contributed by atoms with van der Waals surface area (Å²) < 4.78 is 18.7. The SMILES string of the molecule is CNCc1ccnc(Oc2cc(F)ccc2C)c1. The molecule has 1 aromatic heterocycles. The fourth-order valence-corrected chi connectivity index (χ4v) is 1.62. The van der Waals surface area contributed by atoms with Crippen LogP contribution in [0, 0.1) is 12.7 Å². The molecule has 1 N–H and O–H groups in total. The highest BCUT2D eigenvalue weighted by Crippen LogP contribution is 2.24. The predicted molar refractivity (Wildman–Crippen MR) is 68.2 cm³/mol. The molecule has 0 radical (unpaired) electrons. The third-order valence-corrected chi connectivity index (χ3v) is 2.54. The smallest absolute Gasteiger partial charge is 0.219 e. The van der Waals surface area contributed by atoms with Crippen molar-refractivity contribution in [2.45, 2.75) is 13.5 Å². The molecule has 18 heavy (non-hydrogen) atoms. The maximum absolute atomic E-state index is 13.1. The van der Waals surface area contributed by atoms with E-state index in [0.29, 0.717) is 11.6 Å². The second-order valence-corrected chi connectivity index (χ2v) is 4.04. The van der Waals surface area contributed by atoms with Gasteiger partial charge in [-0.2, -0.15) is 0 Å². The number of aryl methyl sites for hydroxylation is 1. The fraction of sp³-hybridized carbons (Fsp3) is 0.214. The highest BCUT2D eigenvalue weighted by Gasteiger charge is 2.04. The Morgan fingerprint density at radius 1 is 1.28 bits per heavy atom. The summed E-state index contributed by atoms with van der Waals surface area (Å²) in [6.45, 7) is 2.60. The fourth-order valence-electron chi connectivity index (χ4n) is 1.62. The van der Waals surface area contributed by atoms with Crippen LogP contribution in [-0.2, 0) is 6.54 Å². The van der Waals surface area contributed by atoms with Crippen molar-refractivity contribution in [3.05, 3.63) is 53.5 Å². The van der Waals surface area contributed by atoms with Crippen LogP contribution < -0.4 is 10.1 Å². The Morgan fingerprint density at radius 2 is 2.11 bits per heavy atom. The summed E-state index contributed by atoms with van der Waals surface area (Å²) >= 11 is 0. The van der Waals surface area contributed by atoms with Crippen LogP contribution in [0.2, 0.25) is 0 Å². The van der Waals surface area contributed by atoms with Crippen molar-refractivity contribution < 1.29 is 9.13 Å². The summed E-state index contributed by atoms with van der Waals surface area (Å²) in [6, 6.07) is 8.19. The molecule has 1 aromatic carbocycles. The Hall–Kier alpha value is -1.94. The van der Waals surface area contributed by atoms with Gasteiger partial charge in [0.25, 0.3) is 0 Å². The Kier molecular flexibility index (Phi) is 3.89. The van der Waals surface area contributed by atoms with Gasteiger partial charge >= 0.3 is 0 Å². The first-order valence-corrected chi connectivity index (χ1v) is 5.72. The molecule has 0 unspecified atom stereocenters. The Bertz CT molecular complexity index is 543. The molecule has 0 saturated heterocycles. The first-order valence-electron chi connectivity index (χ1n) is 5.72. The van der Waals surface area contributed by atoms with Crippen LogP contribution >= 0.6 is 0 Å². The summed E-state index contributed by atoms with van der Waals surface area (Å²) in [7, 11) is 1.87. The standard InChI is InChI=1S/C14H15FN2O/c1-10-3-4-12(15)8-13(10)18-14-7-11(9-16-2)5-6-17-14/h3-8,16H,9H2,1-2H3. The number of hydrogen-bond acceptors (Lipinski definition) is 3. The molecule has 1 heterocycles. The second kappa shape index (κ2) is 5.60. The van der Waals surface area contributed by atoms with Crippen molar-refractivity contribution in [1.29, 1.82) is 0 Å². The molecule has 0 aliphatic heterocycles. The van der Waals surface area contributed by atoms with E-state index in [1.807, 2.05) is 26.1 Å². The third kappa shape index (κ3) is 3.05. The molecule has 2 rings (SSSR count). The van der Waals surface area contributed by atoms with Crippen LogP contribution in [0.25, 0.3) is 0 Å². The van der Waals surface area contributed by atoms with Gasteiger partial charge in [-0.05, 0) is 37.2 Å². The molecular weight excluding hydrogens is 231 g/mol. The van der Waals surface area contributed by atoms with E-state index in [-0.39, 0.29) is 5.82 Å². The number of nitrogens with one attached hydrogen (secondary N) is 1. The number of hydrogen-bond donors (Lipinski definition) is 1. The Balaban J connectivity index is 2.22. The van der Waals surface area contributed by atoms with Crippen molar-refractivity contribution >= 4 is 0 Å². The summed E-state index contributed by atoms with van der Waals surface area (Å²) in [5.41, 5.74) is 1.94. The van der Waals surface area contributed by atoms with Crippen LogP contribution in [0.5, 0.6) is 11.6 Å². The van der Waals surface area contributed by atoms with Crippen LogP contribution in [-0.4, -0.2) is 12.0 Å². The molecule has 0 fully saturated rings. The molecule has 4 heteroatoms. The lowest BCUT2D eigenvalue weighted by molar-refractivity contribution is 0.453. The van der Waals surface area contributed by atoms with Gasteiger partial charge in [0.15, 0.2) is 0 Å². The Morgan fingerprint density at radius 3 is 2.89 bits per heavy atom. The van der Waals surface area contributed by atoms with Gasteiger partial charge in [0.2, 0.25) is 5.88 Å². The largest absolute Gasteiger partial charge is 0.439 e. The number of rotatable bonds is 4. The van der Waals surface area contributed by atoms with E-state index < -0.39 is 0 Å². The normalized spacial score (nSPS) is 10.4. The molecule has 2 aromatic rings. The predicted octanol–water partition coefficient (Wildman–Crippen LogP) is 3.04. The molecule has 94 valence electrons. The molecule has 0 saturated carbocycles. The van der Waals surface area contributed by atoms with Crippen LogP contribution in [0.4, 0.5) is 4.39 Å². The van der Waals surface area contributed by atoms with E-state index in [2.05, 4.69) is 10.3 Å². The van der Waals surface area contributed by atoms with Crippen molar-refractivity contribution in [3.8, 4) is 11.6 Å². The molecule has 0 atom stereocenters. The number of aromatic nitrogens is 1. The van der Waals surface area contributed by atoms with Gasteiger partial charge in [-0.3, -0.25) is 0 Å². The molecule has 0 aliphatic rings. The lowest BCUT2D eigenvalue weighted by Crippen LogP contribution is -2.05. The molecule has 0 amide bonds. The van der Waals surface area contributed by atoms with Crippen molar-refractivity contribution in [2.24, 2.45) is 0 Å². The maximum atomic E-state index is 13.1. The quantitative estimate of drug-likeness (QED) is 0.900. The Labute approximate surface area is 106 Å². The average Bonchev–Trinajstić information content (AvgIpc) is 2.35. The van der Waals surface area contributed by atoms with Crippen molar-refractivity contribution in [1.82, 2.24) is 10.3 Å². The third-order valence-electron chi connectivity index (χ3n) is 2.54. The van der Waals surface area contributed by atoms with E-state index in [9.17, 15) is 4.39 Å². The van der Waals surface area contributed by atoms with Crippen LogP contribution in [0.3, 0.4) is 0 Å². The summed E-state index contributed by atoms with van der Waals surface area (Å²) in [5.74, 6) is 0.641. The monoisotopic (exact) mass is 246 g/mol. The number of ether oxygens (including phenoxy) is 1. The second-order valence-electron chi connectivity index (χ2n) is 4.04. The summed E-state index contributed by atoms with van der Waals surface area (Å²) in [6.07, 6.45) is 1.68. The number of pyridine rings is 1. The van der Waals surface area contributed by atoms with E-state index in [1.54, 1.807) is 12.3 Å². The summed E-state index contributed by atoms with van der Waals surface area (Å²) in [4.78, 5) is 4.12. The number of benzene rings is 1. The zero-order chi connectivity index (χ0) is 13.0. The minimum Gasteiger partial charge on any atom is -0.439 e. The minimum absolute atomic E-state index is 0.318. The van der Waals surface area contributed by atoms with Gasteiger partial charge in [0.05, 0.1) is 0 Å². The highest BCUT2D eigenvalue weighted by molar-refractivity contribution is 5.36. The van der Waals surface area contributed by atoms with Gasteiger partial charge in [-0.1, -0.05) is 6.07 Å². The molecule has 0 bridgehead atoms. The average molecular weight is 246 g/mol. The van der Waals surface area contributed by atoms with Crippen molar-refractivity contribution in [2.75, 3.05) is 7.05 Å². The molecular formula is C14H15FN2O. The first kappa shape index (κ1) is 12.5. The van der Waals surface area contributed by atoms with E-state index >= 15 is 0 Å².